The highest BCUT2D eigenvalue weighted by atomic mass is 19.4. The lowest BCUT2D eigenvalue weighted by molar-refractivity contribution is -0.384. The molecule has 1 aliphatic rings. The van der Waals surface area contributed by atoms with Crippen molar-refractivity contribution in [2.75, 3.05) is 50.1 Å². The van der Waals surface area contributed by atoms with Crippen molar-refractivity contribution in [1.82, 2.24) is 4.90 Å². The summed E-state index contributed by atoms with van der Waals surface area (Å²) in [5.41, 5.74) is -1.50. The maximum Gasteiger partial charge on any atom is 0.416 e. The number of amides is 1. The van der Waals surface area contributed by atoms with Gasteiger partial charge in [0.1, 0.15) is 11.4 Å². The molecule has 3 rings (SSSR count). The Morgan fingerprint density at radius 3 is 2.06 bits per heavy atom. The highest BCUT2D eigenvalue weighted by Crippen LogP contribution is 2.37. The number of piperazine rings is 1. The van der Waals surface area contributed by atoms with Gasteiger partial charge in [-0.25, -0.2) is 0 Å². The quantitative estimate of drug-likeness (QED) is 0.488. The van der Waals surface area contributed by atoms with Crippen molar-refractivity contribution in [2.24, 2.45) is 0 Å². The van der Waals surface area contributed by atoms with Crippen LogP contribution in [0.5, 0.6) is 0 Å². The molecule has 0 unspecified atom stereocenters. The van der Waals surface area contributed by atoms with Crippen molar-refractivity contribution in [1.29, 1.82) is 0 Å². The zero-order valence-electron chi connectivity index (χ0n) is 17.7. The Morgan fingerprint density at radius 1 is 0.939 bits per heavy atom. The average Bonchev–Trinajstić information content (AvgIpc) is 2.77. The SMILES string of the molecule is CN(C)c1ccc(C(=O)N2CCN(c3ccc(C(F)(F)F)cc3[N+](=O)[O-])CC2)cc1[N+](=O)[O-]. The highest BCUT2D eigenvalue weighted by Gasteiger charge is 2.34. The first-order valence-electron chi connectivity index (χ1n) is 9.75. The molecule has 1 amide bonds. The van der Waals surface area contributed by atoms with Crippen molar-refractivity contribution in [2.45, 2.75) is 6.18 Å². The van der Waals surface area contributed by atoms with Gasteiger partial charge in [-0.05, 0) is 24.3 Å². The van der Waals surface area contributed by atoms with E-state index in [0.29, 0.717) is 11.8 Å². The van der Waals surface area contributed by atoms with E-state index in [1.807, 2.05) is 0 Å². The molecule has 0 spiro atoms. The number of hydrogen-bond donors (Lipinski definition) is 0. The summed E-state index contributed by atoms with van der Waals surface area (Å²) >= 11 is 0. The molecule has 1 saturated heterocycles. The number of benzene rings is 2. The Balaban J connectivity index is 1.78. The number of anilines is 2. The fraction of sp³-hybridized carbons (Fsp3) is 0.350. The number of carbonyl (C=O) groups is 1. The molecule has 33 heavy (non-hydrogen) atoms. The topological polar surface area (TPSA) is 113 Å². The van der Waals surface area contributed by atoms with E-state index in [0.717, 1.165) is 12.1 Å². The second kappa shape index (κ2) is 8.92. The second-order valence-electron chi connectivity index (χ2n) is 7.59. The van der Waals surface area contributed by atoms with Crippen LogP contribution in [0.3, 0.4) is 0 Å². The van der Waals surface area contributed by atoms with Crippen molar-refractivity contribution < 1.29 is 27.8 Å². The number of carbonyl (C=O) groups excluding carboxylic acids is 1. The molecule has 0 aromatic heterocycles. The molecular weight excluding hydrogens is 447 g/mol. The van der Waals surface area contributed by atoms with Gasteiger partial charge >= 0.3 is 6.18 Å². The summed E-state index contributed by atoms with van der Waals surface area (Å²) in [4.78, 5) is 38.7. The molecule has 0 radical (unpaired) electrons. The largest absolute Gasteiger partial charge is 0.416 e. The van der Waals surface area contributed by atoms with Gasteiger partial charge in [0.25, 0.3) is 17.3 Å². The zero-order chi connectivity index (χ0) is 24.5. The monoisotopic (exact) mass is 467 g/mol. The third-order valence-electron chi connectivity index (χ3n) is 5.31. The Morgan fingerprint density at radius 2 is 1.55 bits per heavy atom. The number of halogens is 3. The van der Waals surface area contributed by atoms with Crippen LogP contribution in [0.25, 0.3) is 0 Å². The molecule has 0 N–H and O–H groups in total. The number of nitro benzene ring substituents is 2. The third-order valence-corrected chi connectivity index (χ3v) is 5.31. The Kier molecular flexibility index (Phi) is 6.42. The van der Waals surface area contributed by atoms with Crippen molar-refractivity contribution in [3.63, 3.8) is 0 Å². The first kappa shape index (κ1) is 23.8. The van der Waals surface area contributed by atoms with E-state index in [4.69, 9.17) is 0 Å². The highest BCUT2D eigenvalue weighted by molar-refractivity contribution is 5.96. The van der Waals surface area contributed by atoms with Gasteiger partial charge in [-0.2, -0.15) is 13.2 Å². The molecule has 10 nitrogen and oxygen atoms in total. The minimum atomic E-state index is -4.71. The molecule has 2 aromatic carbocycles. The predicted molar refractivity (Wildman–Crippen MR) is 114 cm³/mol. The number of rotatable bonds is 5. The van der Waals surface area contributed by atoms with Gasteiger partial charge < -0.3 is 14.7 Å². The summed E-state index contributed by atoms with van der Waals surface area (Å²) in [6.07, 6.45) is -4.71. The molecule has 13 heteroatoms. The molecule has 0 bridgehead atoms. The second-order valence-corrected chi connectivity index (χ2v) is 7.59. The van der Waals surface area contributed by atoms with Crippen molar-refractivity contribution in [3.05, 3.63) is 67.8 Å². The molecule has 1 fully saturated rings. The minimum absolute atomic E-state index is 0.0334. The van der Waals surface area contributed by atoms with Crippen LogP contribution in [0.4, 0.5) is 35.9 Å². The van der Waals surface area contributed by atoms with E-state index in [1.54, 1.807) is 23.9 Å². The summed E-state index contributed by atoms with van der Waals surface area (Å²) in [6.45, 7) is 0.576. The smallest absolute Gasteiger partial charge is 0.372 e. The summed E-state index contributed by atoms with van der Waals surface area (Å²) in [6, 6.07) is 6.50. The number of hydrogen-bond acceptors (Lipinski definition) is 7. The molecule has 1 aliphatic heterocycles. The van der Waals surface area contributed by atoms with Crippen LogP contribution >= 0.6 is 0 Å². The van der Waals surface area contributed by atoms with Crippen LogP contribution in [-0.4, -0.2) is 60.9 Å². The van der Waals surface area contributed by atoms with Gasteiger partial charge in [0.2, 0.25) is 0 Å². The van der Waals surface area contributed by atoms with Gasteiger partial charge in [0, 0.05) is 58.0 Å². The van der Waals surface area contributed by atoms with E-state index in [-0.39, 0.29) is 43.1 Å². The standard InChI is InChI=1S/C20H20F3N5O5/c1-24(2)15-5-3-13(11-17(15)27(30)31)19(29)26-9-7-25(8-10-26)16-6-4-14(20(21,22)23)12-18(16)28(32)33/h3-6,11-12H,7-10H2,1-2H3. The van der Waals surface area contributed by atoms with Gasteiger partial charge in [-0.3, -0.25) is 25.0 Å². The molecule has 0 aliphatic carbocycles. The third kappa shape index (κ3) is 4.96. The molecule has 1 heterocycles. The van der Waals surface area contributed by atoms with Gasteiger partial charge in [-0.15, -0.1) is 0 Å². The first-order valence-corrected chi connectivity index (χ1v) is 9.75. The van der Waals surface area contributed by atoms with Crippen LogP contribution in [0.2, 0.25) is 0 Å². The summed E-state index contributed by atoms with van der Waals surface area (Å²) in [5, 5.41) is 22.7. The van der Waals surface area contributed by atoms with Crippen LogP contribution in [-0.2, 0) is 6.18 Å². The Labute approximate surface area is 186 Å². The summed E-state index contributed by atoms with van der Waals surface area (Å²) in [5.74, 6) is -0.440. The molecular formula is C20H20F3N5O5. The number of alkyl halides is 3. The lowest BCUT2D eigenvalue weighted by Crippen LogP contribution is -2.49. The van der Waals surface area contributed by atoms with Gasteiger partial charge in [0.15, 0.2) is 0 Å². The van der Waals surface area contributed by atoms with E-state index in [9.17, 15) is 38.2 Å². The zero-order valence-corrected chi connectivity index (χ0v) is 17.7. The van der Waals surface area contributed by atoms with Crippen LogP contribution in [0.1, 0.15) is 15.9 Å². The molecule has 176 valence electrons. The molecule has 0 saturated carbocycles. The van der Waals surface area contributed by atoms with E-state index < -0.39 is 33.2 Å². The van der Waals surface area contributed by atoms with Crippen LogP contribution < -0.4 is 9.80 Å². The van der Waals surface area contributed by atoms with E-state index in [2.05, 4.69) is 0 Å². The van der Waals surface area contributed by atoms with E-state index >= 15 is 0 Å². The minimum Gasteiger partial charge on any atom is -0.372 e. The lowest BCUT2D eigenvalue weighted by atomic mass is 10.1. The maximum atomic E-state index is 12.9. The normalized spacial score (nSPS) is 14.2. The van der Waals surface area contributed by atoms with Crippen LogP contribution in [0, 0.1) is 20.2 Å². The van der Waals surface area contributed by atoms with Gasteiger partial charge in [-0.1, -0.05) is 0 Å². The van der Waals surface area contributed by atoms with Crippen molar-refractivity contribution in [3.8, 4) is 0 Å². The number of nitrogens with zero attached hydrogens (tertiary/aromatic N) is 5. The average molecular weight is 467 g/mol. The number of nitro groups is 2. The van der Waals surface area contributed by atoms with Crippen molar-refractivity contribution >= 4 is 28.7 Å². The Hall–Kier alpha value is -3.90. The summed E-state index contributed by atoms with van der Waals surface area (Å²) < 4.78 is 38.8. The van der Waals surface area contributed by atoms with Crippen LogP contribution in [0.15, 0.2) is 36.4 Å². The lowest BCUT2D eigenvalue weighted by Gasteiger charge is -2.36. The molecule has 0 atom stereocenters. The summed E-state index contributed by atoms with van der Waals surface area (Å²) in [7, 11) is 3.28. The fourth-order valence-corrected chi connectivity index (χ4v) is 3.63. The maximum absolute atomic E-state index is 12.9. The molecule has 2 aromatic rings. The van der Waals surface area contributed by atoms with Gasteiger partial charge in [0.05, 0.1) is 15.4 Å². The van der Waals surface area contributed by atoms with E-state index in [1.165, 1.54) is 23.1 Å². The predicted octanol–water partition coefficient (Wildman–Crippen LogP) is 3.55. The Bertz CT molecular complexity index is 1100. The fourth-order valence-electron chi connectivity index (χ4n) is 3.63. The first-order chi connectivity index (χ1) is 15.4.